The van der Waals surface area contributed by atoms with Crippen LogP contribution in [0.4, 0.5) is 5.82 Å². The van der Waals surface area contributed by atoms with Crippen molar-refractivity contribution >= 4 is 5.82 Å². The van der Waals surface area contributed by atoms with E-state index in [2.05, 4.69) is 51.1 Å². The summed E-state index contributed by atoms with van der Waals surface area (Å²) in [5.41, 5.74) is 11.0. The van der Waals surface area contributed by atoms with Crippen LogP contribution in [-0.4, -0.2) is 5.16 Å². The van der Waals surface area contributed by atoms with Crippen LogP contribution in [0.5, 0.6) is 0 Å². The van der Waals surface area contributed by atoms with Crippen molar-refractivity contribution in [2.24, 2.45) is 5.41 Å². The van der Waals surface area contributed by atoms with Crippen LogP contribution in [0.1, 0.15) is 55.9 Å². The molecule has 21 heavy (non-hydrogen) atoms. The maximum atomic E-state index is 6.11. The fourth-order valence-corrected chi connectivity index (χ4v) is 3.55. The standard InChI is InChI=1S/C18H24N2O/c1-11-7-8-13(10-12(11)2)15-16(21-20-17(15)19)14-6-5-9-18(14,3)4/h7-8,10,14H,5-6,9H2,1-4H3,(H2,19,20). The number of hydrogen-bond donors (Lipinski definition) is 1. The summed E-state index contributed by atoms with van der Waals surface area (Å²) >= 11 is 0. The number of aromatic nitrogens is 1. The molecule has 0 bridgehead atoms. The van der Waals surface area contributed by atoms with E-state index in [4.69, 9.17) is 10.3 Å². The van der Waals surface area contributed by atoms with E-state index in [-0.39, 0.29) is 5.41 Å². The fourth-order valence-electron chi connectivity index (χ4n) is 3.55. The van der Waals surface area contributed by atoms with E-state index in [1.165, 1.54) is 24.0 Å². The van der Waals surface area contributed by atoms with E-state index in [0.717, 1.165) is 23.3 Å². The molecule has 112 valence electrons. The Hall–Kier alpha value is -1.77. The largest absolute Gasteiger partial charge is 0.380 e. The van der Waals surface area contributed by atoms with Gasteiger partial charge in [0, 0.05) is 5.92 Å². The van der Waals surface area contributed by atoms with Gasteiger partial charge in [0.25, 0.3) is 0 Å². The van der Waals surface area contributed by atoms with E-state index < -0.39 is 0 Å². The van der Waals surface area contributed by atoms with Crippen molar-refractivity contribution in [3.63, 3.8) is 0 Å². The first-order valence-electron chi connectivity index (χ1n) is 7.73. The molecule has 1 aromatic heterocycles. The Bertz CT molecular complexity index is 670. The molecule has 1 unspecified atom stereocenters. The maximum absolute atomic E-state index is 6.11. The Labute approximate surface area is 126 Å². The van der Waals surface area contributed by atoms with Gasteiger partial charge in [-0.3, -0.25) is 0 Å². The Balaban J connectivity index is 2.11. The van der Waals surface area contributed by atoms with Gasteiger partial charge in [-0.1, -0.05) is 43.6 Å². The molecule has 1 aromatic carbocycles. The summed E-state index contributed by atoms with van der Waals surface area (Å²) in [6, 6.07) is 6.45. The summed E-state index contributed by atoms with van der Waals surface area (Å²) in [5, 5.41) is 4.06. The predicted octanol–water partition coefficient (Wildman–Crippen LogP) is 4.83. The van der Waals surface area contributed by atoms with E-state index >= 15 is 0 Å². The van der Waals surface area contributed by atoms with Crippen molar-refractivity contribution < 1.29 is 4.52 Å². The summed E-state index contributed by atoms with van der Waals surface area (Å²) < 4.78 is 5.66. The molecule has 1 atom stereocenters. The van der Waals surface area contributed by atoms with Crippen molar-refractivity contribution in [1.29, 1.82) is 0 Å². The van der Waals surface area contributed by atoms with E-state index in [1.54, 1.807) is 0 Å². The minimum Gasteiger partial charge on any atom is -0.380 e. The first-order chi connectivity index (χ1) is 9.90. The minimum atomic E-state index is 0.250. The average Bonchev–Trinajstić information content (AvgIpc) is 2.95. The molecule has 1 saturated carbocycles. The number of rotatable bonds is 2. The number of aryl methyl sites for hydroxylation is 2. The van der Waals surface area contributed by atoms with Crippen LogP contribution >= 0.6 is 0 Å². The van der Waals surface area contributed by atoms with Gasteiger partial charge < -0.3 is 10.3 Å². The van der Waals surface area contributed by atoms with Gasteiger partial charge in [-0.2, -0.15) is 0 Å². The lowest BCUT2D eigenvalue weighted by Gasteiger charge is -2.25. The third kappa shape index (κ3) is 2.35. The number of nitrogens with two attached hydrogens (primary N) is 1. The molecule has 1 aliphatic rings. The number of hydrogen-bond acceptors (Lipinski definition) is 3. The normalized spacial score (nSPS) is 20.9. The monoisotopic (exact) mass is 284 g/mol. The predicted molar refractivity (Wildman–Crippen MR) is 86.2 cm³/mol. The number of nitrogens with zero attached hydrogens (tertiary/aromatic N) is 1. The highest BCUT2D eigenvalue weighted by atomic mass is 16.5. The lowest BCUT2D eigenvalue weighted by Crippen LogP contribution is -2.15. The molecule has 3 rings (SSSR count). The number of nitrogen functional groups attached to an aromatic ring is 1. The summed E-state index contributed by atoms with van der Waals surface area (Å²) in [6.45, 7) is 8.87. The van der Waals surface area contributed by atoms with Crippen LogP contribution in [0.25, 0.3) is 11.1 Å². The van der Waals surface area contributed by atoms with Crippen LogP contribution in [0, 0.1) is 19.3 Å². The first-order valence-corrected chi connectivity index (χ1v) is 7.73. The van der Waals surface area contributed by atoms with Crippen molar-refractivity contribution in [2.75, 3.05) is 5.73 Å². The zero-order chi connectivity index (χ0) is 15.2. The van der Waals surface area contributed by atoms with Gasteiger partial charge in [-0.05, 0) is 48.8 Å². The van der Waals surface area contributed by atoms with Gasteiger partial charge >= 0.3 is 0 Å². The molecule has 0 spiro atoms. The zero-order valence-corrected chi connectivity index (χ0v) is 13.4. The van der Waals surface area contributed by atoms with Gasteiger partial charge in [0.05, 0.1) is 5.56 Å². The molecule has 3 nitrogen and oxygen atoms in total. The molecule has 2 aromatic rings. The lowest BCUT2D eigenvalue weighted by atomic mass is 9.78. The molecule has 2 N–H and O–H groups in total. The van der Waals surface area contributed by atoms with Crippen molar-refractivity contribution in [1.82, 2.24) is 5.16 Å². The Morgan fingerprint density at radius 1 is 1.24 bits per heavy atom. The fraction of sp³-hybridized carbons (Fsp3) is 0.500. The van der Waals surface area contributed by atoms with Crippen LogP contribution in [0.15, 0.2) is 22.7 Å². The van der Waals surface area contributed by atoms with E-state index in [0.29, 0.717) is 11.7 Å². The quantitative estimate of drug-likeness (QED) is 0.859. The minimum absolute atomic E-state index is 0.250. The SMILES string of the molecule is Cc1ccc(-c2c(N)noc2C2CCCC2(C)C)cc1C. The van der Waals surface area contributed by atoms with Crippen LogP contribution < -0.4 is 5.73 Å². The maximum Gasteiger partial charge on any atom is 0.175 e. The van der Waals surface area contributed by atoms with Gasteiger partial charge in [-0.15, -0.1) is 0 Å². The van der Waals surface area contributed by atoms with Crippen molar-refractivity contribution in [3.8, 4) is 11.1 Å². The third-order valence-corrected chi connectivity index (χ3v) is 5.11. The highest BCUT2D eigenvalue weighted by Gasteiger charge is 2.40. The zero-order valence-electron chi connectivity index (χ0n) is 13.4. The molecule has 1 fully saturated rings. The molecule has 0 amide bonds. The first kappa shape index (κ1) is 14.2. The molecule has 0 saturated heterocycles. The molecular formula is C18H24N2O. The van der Waals surface area contributed by atoms with Gasteiger partial charge in [0.2, 0.25) is 0 Å². The van der Waals surface area contributed by atoms with E-state index in [9.17, 15) is 0 Å². The highest BCUT2D eigenvalue weighted by molar-refractivity contribution is 5.76. The molecule has 1 heterocycles. The smallest absolute Gasteiger partial charge is 0.175 e. The van der Waals surface area contributed by atoms with Crippen molar-refractivity contribution in [3.05, 3.63) is 35.1 Å². The van der Waals surface area contributed by atoms with Gasteiger partial charge in [-0.25, -0.2) is 0 Å². The highest BCUT2D eigenvalue weighted by Crippen LogP contribution is 2.51. The second kappa shape index (κ2) is 4.90. The molecule has 3 heteroatoms. The second-order valence-corrected chi connectivity index (χ2v) is 7.04. The Morgan fingerprint density at radius 2 is 2.00 bits per heavy atom. The lowest BCUT2D eigenvalue weighted by molar-refractivity contribution is 0.269. The molecule has 0 radical (unpaired) electrons. The summed E-state index contributed by atoms with van der Waals surface area (Å²) in [6.07, 6.45) is 3.62. The second-order valence-electron chi connectivity index (χ2n) is 7.04. The van der Waals surface area contributed by atoms with Crippen LogP contribution in [-0.2, 0) is 0 Å². The number of anilines is 1. The van der Waals surface area contributed by atoms with Crippen LogP contribution in [0.2, 0.25) is 0 Å². The van der Waals surface area contributed by atoms with Crippen molar-refractivity contribution in [2.45, 2.75) is 52.9 Å². The third-order valence-electron chi connectivity index (χ3n) is 5.11. The number of benzene rings is 1. The van der Waals surface area contributed by atoms with Gasteiger partial charge in [0.1, 0.15) is 5.76 Å². The summed E-state index contributed by atoms with van der Waals surface area (Å²) in [5.74, 6) is 1.88. The summed E-state index contributed by atoms with van der Waals surface area (Å²) in [7, 11) is 0. The molecular weight excluding hydrogens is 260 g/mol. The topological polar surface area (TPSA) is 52.0 Å². The Morgan fingerprint density at radius 3 is 2.62 bits per heavy atom. The Kier molecular flexibility index (Phi) is 3.31. The van der Waals surface area contributed by atoms with Crippen LogP contribution in [0.3, 0.4) is 0 Å². The van der Waals surface area contributed by atoms with E-state index in [1.807, 2.05) is 0 Å². The average molecular weight is 284 g/mol. The summed E-state index contributed by atoms with van der Waals surface area (Å²) in [4.78, 5) is 0. The molecule has 0 aliphatic heterocycles. The molecule has 1 aliphatic carbocycles. The van der Waals surface area contributed by atoms with Gasteiger partial charge in [0.15, 0.2) is 5.82 Å².